The molecule has 0 radical (unpaired) electrons. The van der Waals surface area contributed by atoms with E-state index < -0.39 is 0 Å². The standard InChI is InChI=1S/C10H17N3/c1-9-4-2-3-5-13(9)7-10-6-11-8-12-10/h6,8-9H,2-5,7H2,1H3,(H,11,12). The van der Waals surface area contributed by atoms with E-state index in [1.807, 2.05) is 6.20 Å². The van der Waals surface area contributed by atoms with Crippen LogP contribution in [0, 0.1) is 0 Å². The zero-order valence-corrected chi connectivity index (χ0v) is 8.16. The first-order valence-electron chi connectivity index (χ1n) is 5.07. The quantitative estimate of drug-likeness (QED) is 0.750. The maximum Gasteiger partial charge on any atom is 0.0922 e. The summed E-state index contributed by atoms with van der Waals surface area (Å²) < 4.78 is 0. The molecule has 3 heteroatoms. The van der Waals surface area contributed by atoms with E-state index >= 15 is 0 Å². The maximum atomic E-state index is 4.03. The van der Waals surface area contributed by atoms with Crippen LogP contribution in [0.1, 0.15) is 31.9 Å². The van der Waals surface area contributed by atoms with Crippen molar-refractivity contribution in [2.45, 2.75) is 38.8 Å². The highest BCUT2D eigenvalue weighted by Crippen LogP contribution is 2.17. The van der Waals surface area contributed by atoms with Gasteiger partial charge in [-0.3, -0.25) is 4.90 Å². The molecule has 2 heterocycles. The van der Waals surface area contributed by atoms with E-state index in [-0.39, 0.29) is 0 Å². The average Bonchev–Trinajstić information content (AvgIpc) is 2.61. The molecule has 0 aromatic carbocycles. The fourth-order valence-electron chi connectivity index (χ4n) is 1.98. The number of H-pyrrole nitrogens is 1. The molecule has 72 valence electrons. The Morgan fingerprint density at radius 1 is 1.62 bits per heavy atom. The van der Waals surface area contributed by atoms with Crippen molar-refractivity contribution in [1.82, 2.24) is 14.9 Å². The summed E-state index contributed by atoms with van der Waals surface area (Å²) in [6.45, 7) is 4.58. The molecule has 3 nitrogen and oxygen atoms in total. The van der Waals surface area contributed by atoms with E-state index in [9.17, 15) is 0 Å². The summed E-state index contributed by atoms with van der Waals surface area (Å²) in [5, 5.41) is 0. The van der Waals surface area contributed by atoms with Gasteiger partial charge in [-0.1, -0.05) is 6.42 Å². The predicted octanol–water partition coefficient (Wildman–Crippen LogP) is 1.78. The third kappa shape index (κ3) is 2.10. The first kappa shape index (κ1) is 8.75. The second kappa shape index (κ2) is 3.92. The van der Waals surface area contributed by atoms with Crippen LogP contribution in [0.5, 0.6) is 0 Å². The maximum absolute atomic E-state index is 4.03. The number of nitrogens with zero attached hydrogens (tertiary/aromatic N) is 2. The van der Waals surface area contributed by atoms with E-state index in [1.165, 1.54) is 31.5 Å². The topological polar surface area (TPSA) is 31.9 Å². The van der Waals surface area contributed by atoms with Gasteiger partial charge in [0.05, 0.1) is 6.33 Å². The lowest BCUT2D eigenvalue weighted by Crippen LogP contribution is -2.36. The van der Waals surface area contributed by atoms with Crippen LogP contribution < -0.4 is 0 Å². The Kier molecular flexibility index (Phi) is 2.64. The molecule has 1 saturated heterocycles. The van der Waals surface area contributed by atoms with Crippen LogP contribution in [0.15, 0.2) is 12.5 Å². The summed E-state index contributed by atoms with van der Waals surface area (Å²) in [6.07, 6.45) is 7.75. The number of aromatic nitrogens is 2. The van der Waals surface area contributed by atoms with Crippen LogP contribution in [-0.4, -0.2) is 27.5 Å². The molecular formula is C10H17N3. The molecule has 1 aromatic heterocycles. The molecular weight excluding hydrogens is 162 g/mol. The summed E-state index contributed by atoms with van der Waals surface area (Å²) in [7, 11) is 0. The molecule has 0 spiro atoms. The molecule has 0 amide bonds. The molecule has 13 heavy (non-hydrogen) atoms. The molecule has 1 aliphatic rings. The Morgan fingerprint density at radius 3 is 3.23 bits per heavy atom. The van der Waals surface area contributed by atoms with Crippen LogP contribution in [0.4, 0.5) is 0 Å². The highest BCUT2D eigenvalue weighted by atomic mass is 15.2. The number of piperidine rings is 1. The SMILES string of the molecule is CC1CCCCN1Cc1cnc[nH]1. The molecule has 1 unspecified atom stereocenters. The predicted molar refractivity (Wildman–Crippen MR) is 52.3 cm³/mol. The lowest BCUT2D eigenvalue weighted by Gasteiger charge is -2.32. The van der Waals surface area contributed by atoms with Gasteiger partial charge in [0.15, 0.2) is 0 Å². The number of rotatable bonds is 2. The van der Waals surface area contributed by atoms with Crippen molar-refractivity contribution in [2.75, 3.05) is 6.54 Å². The van der Waals surface area contributed by atoms with Gasteiger partial charge in [-0.2, -0.15) is 0 Å². The molecule has 1 aromatic rings. The van der Waals surface area contributed by atoms with Gasteiger partial charge < -0.3 is 4.98 Å². The summed E-state index contributed by atoms with van der Waals surface area (Å²) in [4.78, 5) is 9.71. The first-order valence-corrected chi connectivity index (χ1v) is 5.07. The van der Waals surface area contributed by atoms with Gasteiger partial charge in [0.25, 0.3) is 0 Å². The third-order valence-corrected chi connectivity index (χ3v) is 2.87. The van der Waals surface area contributed by atoms with Crippen molar-refractivity contribution in [2.24, 2.45) is 0 Å². The zero-order valence-electron chi connectivity index (χ0n) is 8.16. The molecule has 2 rings (SSSR count). The summed E-state index contributed by atoms with van der Waals surface area (Å²) in [5.74, 6) is 0. The number of likely N-dealkylation sites (tertiary alicyclic amines) is 1. The van der Waals surface area contributed by atoms with Gasteiger partial charge in [0, 0.05) is 24.5 Å². The van der Waals surface area contributed by atoms with Crippen LogP contribution in [0.25, 0.3) is 0 Å². The summed E-state index contributed by atoms with van der Waals surface area (Å²) in [5.41, 5.74) is 1.23. The highest BCUT2D eigenvalue weighted by Gasteiger charge is 2.18. The highest BCUT2D eigenvalue weighted by molar-refractivity contribution is 4.94. The number of nitrogens with one attached hydrogen (secondary N) is 1. The Hall–Kier alpha value is -0.830. The van der Waals surface area contributed by atoms with E-state index in [1.54, 1.807) is 6.33 Å². The van der Waals surface area contributed by atoms with E-state index in [0.717, 1.165) is 12.6 Å². The Morgan fingerprint density at radius 2 is 2.54 bits per heavy atom. The van der Waals surface area contributed by atoms with Crippen molar-refractivity contribution in [1.29, 1.82) is 0 Å². The Balaban J connectivity index is 1.93. The van der Waals surface area contributed by atoms with Crippen molar-refractivity contribution >= 4 is 0 Å². The van der Waals surface area contributed by atoms with Gasteiger partial charge in [0.2, 0.25) is 0 Å². The first-order chi connectivity index (χ1) is 6.36. The number of hydrogen-bond donors (Lipinski definition) is 1. The minimum atomic E-state index is 0.733. The molecule has 0 saturated carbocycles. The van der Waals surface area contributed by atoms with E-state index in [4.69, 9.17) is 0 Å². The summed E-state index contributed by atoms with van der Waals surface area (Å²) in [6, 6.07) is 0.733. The van der Waals surface area contributed by atoms with Gasteiger partial charge in [-0.25, -0.2) is 4.98 Å². The number of hydrogen-bond acceptors (Lipinski definition) is 2. The fourth-order valence-corrected chi connectivity index (χ4v) is 1.98. The van der Waals surface area contributed by atoms with Crippen molar-refractivity contribution < 1.29 is 0 Å². The van der Waals surface area contributed by atoms with Crippen LogP contribution >= 0.6 is 0 Å². The van der Waals surface area contributed by atoms with Gasteiger partial charge in [-0.15, -0.1) is 0 Å². The van der Waals surface area contributed by atoms with Crippen molar-refractivity contribution in [3.8, 4) is 0 Å². The van der Waals surface area contributed by atoms with E-state index in [2.05, 4.69) is 21.8 Å². The molecule has 1 N–H and O–H groups in total. The minimum Gasteiger partial charge on any atom is -0.347 e. The smallest absolute Gasteiger partial charge is 0.0922 e. The lowest BCUT2D eigenvalue weighted by atomic mass is 10.0. The normalized spacial score (nSPS) is 24.8. The number of aromatic amines is 1. The van der Waals surface area contributed by atoms with Crippen LogP contribution in [0.3, 0.4) is 0 Å². The van der Waals surface area contributed by atoms with Crippen molar-refractivity contribution in [3.05, 3.63) is 18.2 Å². The van der Waals surface area contributed by atoms with Gasteiger partial charge in [-0.05, 0) is 26.3 Å². The molecule has 1 fully saturated rings. The second-order valence-electron chi connectivity index (χ2n) is 3.89. The largest absolute Gasteiger partial charge is 0.347 e. The second-order valence-corrected chi connectivity index (χ2v) is 3.89. The van der Waals surface area contributed by atoms with Crippen molar-refractivity contribution in [3.63, 3.8) is 0 Å². The monoisotopic (exact) mass is 179 g/mol. The average molecular weight is 179 g/mol. The summed E-state index contributed by atoms with van der Waals surface area (Å²) >= 11 is 0. The Bertz CT molecular complexity index is 243. The van der Waals surface area contributed by atoms with Gasteiger partial charge in [0.1, 0.15) is 0 Å². The minimum absolute atomic E-state index is 0.733. The third-order valence-electron chi connectivity index (χ3n) is 2.87. The zero-order chi connectivity index (χ0) is 9.10. The van der Waals surface area contributed by atoms with Crippen LogP contribution in [0.2, 0.25) is 0 Å². The van der Waals surface area contributed by atoms with E-state index in [0.29, 0.717) is 0 Å². The molecule has 0 bridgehead atoms. The fraction of sp³-hybridized carbons (Fsp3) is 0.700. The number of imidazole rings is 1. The molecule has 0 aliphatic carbocycles. The Labute approximate surface area is 79.2 Å². The lowest BCUT2D eigenvalue weighted by molar-refractivity contribution is 0.151. The molecule has 1 aliphatic heterocycles. The van der Waals surface area contributed by atoms with Crippen LogP contribution in [-0.2, 0) is 6.54 Å². The molecule has 1 atom stereocenters. The van der Waals surface area contributed by atoms with Gasteiger partial charge >= 0.3 is 0 Å².